The first-order chi connectivity index (χ1) is 12.0. The molecular formula is C21H22N2O2. The number of pyridine rings is 1. The standard InChI is InChI=1S/C21H22N2O2/c1-4-20(24)23(18-7-5-6-14(2)11-18)13-17-12-16-10-15(3)8-9-19(16)22-21(17)25/h5-12H,4,13H2,1-3H3,(H,22,25). The second-order valence-electron chi connectivity index (χ2n) is 6.39. The van der Waals surface area contributed by atoms with Crippen molar-refractivity contribution >= 4 is 22.5 Å². The predicted molar refractivity (Wildman–Crippen MR) is 102 cm³/mol. The molecular weight excluding hydrogens is 312 g/mol. The number of aromatic amines is 1. The maximum Gasteiger partial charge on any atom is 0.253 e. The zero-order valence-corrected chi connectivity index (χ0v) is 14.8. The van der Waals surface area contributed by atoms with Crippen molar-refractivity contribution in [2.24, 2.45) is 0 Å². The quantitative estimate of drug-likeness (QED) is 0.781. The van der Waals surface area contributed by atoms with Crippen molar-refractivity contribution in [1.29, 1.82) is 0 Å². The van der Waals surface area contributed by atoms with Gasteiger partial charge in [-0.2, -0.15) is 0 Å². The van der Waals surface area contributed by atoms with Crippen molar-refractivity contribution in [1.82, 2.24) is 4.98 Å². The molecule has 0 aliphatic heterocycles. The van der Waals surface area contributed by atoms with Gasteiger partial charge < -0.3 is 9.88 Å². The fraction of sp³-hybridized carbons (Fsp3) is 0.238. The summed E-state index contributed by atoms with van der Waals surface area (Å²) in [6.45, 7) is 6.10. The molecule has 0 fully saturated rings. The molecule has 1 amide bonds. The minimum absolute atomic E-state index is 0.00524. The van der Waals surface area contributed by atoms with Gasteiger partial charge in [0.05, 0.1) is 6.54 Å². The van der Waals surface area contributed by atoms with E-state index in [0.29, 0.717) is 12.0 Å². The average Bonchev–Trinajstić information content (AvgIpc) is 2.59. The van der Waals surface area contributed by atoms with Gasteiger partial charge in [-0.05, 0) is 55.1 Å². The topological polar surface area (TPSA) is 53.2 Å². The molecule has 4 heteroatoms. The number of anilines is 1. The molecule has 0 unspecified atom stereocenters. The van der Waals surface area contributed by atoms with Gasteiger partial charge in [-0.15, -0.1) is 0 Å². The Labute approximate surface area is 147 Å². The van der Waals surface area contributed by atoms with Gasteiger partial charge in [-0.3, -0.25) is 9.59 Å². The third-order valence-corrected chi connectivity index (χ3v) is 4.32. The highest BCUT2D eigenvalue weighted by molar-refractivity contribution is 5.93. The van der Waals surface area contributed by atoms with Crippen molar-refractivity contribution in [3.8, 4) is 0 Å². The van der Waals surface area contributed by atoms with Crippen LogP contribution in [0, 0.1) is 13.8 Å². The Morgan fingerprint density at radius 3 is 2.52 bits per heavy atom. The van der Waals surface area contributed by atoms with Gasteiger partial charge in [-0.25, -0.2) is 0 Å². The predicted octanol–water partition coefficient (Wildman–Crippen LogP) is 4.09. The first-order valence-electron chi connectivity index (χ1n) is 8.47. The van der Waals surface area contributed by atoms with E-state index in [9.17, 15) is 9.59 Å². The molecule has 1 N–H and O–H groups in total. The number of fused-ring (bicyclic) bond motifs is 1. The molecule has 1 heterocycles. The molecule has 4 nitrogen and oxygen atoms in total. The summed E-state index contributed by atoms with van der Waals surface area (Å²) >= 11 is 0. The summed E-state index contributed by atoms with van der Waals surface area (Å²) in [7, 11) is 0. The number of aromatic nitrogens is 1. The number of benzene rings is 2. The fourth-order valence-electron chi connectivity index (χ4n) is 2.97. The van der Waals surface area contributed by atoms with Crippen LogP contribution in [0.3, 0.4) is 0 Å². The van der Waals surface area contributed by atoms with E-state index in [-0.39, 0.29) is 18.0 Å². The largest absolute Gasteiger partial charge is 0.322 e. The molecule has 3 aromatic rings. The summed E-state index contributed by atoms with van der Waals surface area (Å²) in [6.07, 6.45) is 0.387. The highest BCUT2D eigenvalue weighted by Crippen LogP contribution is 2.20. The van der Waals surface area contributed by atoms with Crippen LogP contribution in [0.1, 0.15) is 30.0 Å². The Hall–Kier alpha value is -2.88. The van der Waals surface area contributed by atoms with Crippen molar-refractivity contribution in [3.63, 3.8) is 0 Å². The van der Waals surface area contributed by atoms with E-state index in [0.717, 1.165) is 27.7 Å². The van der Waals surface area contributed by atoms with Gasteiger partial charge in [0.25, 0.3) is 5.56 Å². The number of hydrogen-bond acceptors (Lipinski definition) is 2. The Balaban J connectivity index is 2.05. The van der Waals surface area contributed by atoms with E-state index in [1.54, 1.807) is 4.90 Å². The highest BCUT2D eigenvalue weighted by atomic mass is 16.2. The summed E-state index contributed by atoms with van der Waals surface area (Å²) < 4.78 is 0. The molecule has 128 valence electrons. The van der Waals surface area contributed by atoms with Gasteiger partial charge in [0.15, 0.2) is 0 Å². The van der Waals surface area contributed by atoms with Crippen LogP contribution in [0.25, 0.3) is 10.9 Å². The number of aryl methyl sites for hydroxylation is 2. The van der Waals surface area contributed by atoms with Crippen LogP contribution in [0.2, 0.25) is 0 Å². The van der Waals surface area contributed by atoms with E-state index in [4.69, 9.17) is 0 Å². The third-order valence-electron chi connectivity index (χ3n) is 4.32. The maximum atomic E-state index is 12.5. The molecule has 3 rings (SSSR count). The lowest BCUT2D eigenvalue weighted by Crippen LogP contribution is -2.32. The van der Waals surface area contributed by atoms with Crippen LogP contribution < -0.4 is 10.5 Å². The lowest BCUT2D eigenvalue weighted by atomic mass is 10.1. The zero-order valence-electron chi connectivity index (χ0n) is 14.8. The lowest BCUT2D eigenvalue weighted by molar-refractivity contribution is -0.118. The van der Waals surface area contributed by atoms with Crippen molar-refractivity contribution in [2.75, 3.05) is 4.90 Å². The molecule has 1 aromatic heterocycles. The molecule has 0 aliphatic carbocycles. The second kappa shape index (κ2) is 6.93. The Bertz CT molecular complexity index is 989. The molecule has 0 radical (unpaired) electrons. The van der Waals surface area contributed by atoms with Crippen LogP contribution in [-0.2, 0) is 11.3 Å². The smallest absolute Gasteiger partial charge is 0.253 e. The van der Waals surface area contributed by atoms with Gasteiger partial charge in [0.2, 0.25) is 5.91 Å². The Kier molecular flexibility index (Phi) is 4.70. The zero-order chi connectivity index (χ0) is 18.0. The first-order valence-corrected chi connectivity index (χ1v) is 8.47. The summed E-state index contributed by atoms with van der Waals surface area (Å²) in [5.41, 5.74) is 4.26. The monoisotopic (exact) mass is 334 g/mol. The number of carbonyl (C=O) groups excluding carboxylic acids is 1. The van der Waals surface area contributed by atoms with Gasteiger partial charge in [0.1, 0.15) is 0 Å². The maximum absolute atomic E-state index is 12.5. The Morgan fingerprint density at radius 1 is 1.04 bits per heavy atom. The van der Waals surface area contributed by atoms with E-state index < -0.39 is 0 Å². The van der Waals surface area contributed by atoms with Crippen LogP contribution in [0.4, 0.5) is 5.69 Å². The van der Waals surface area contributed by atoms with Crippen molar-refractivity contribution < 1.29 is 4.79 Å². The third kappa shape index (κ3) is 3.63. The SMILES string of the molecule is CCC(=O)N(Cc1cc2cc(C)ccc2[nH]c1=O)c1cccc(C)c1. The summed E-state index contributed by atoms with van der Waals surface area (Å²) in [5, 5.41) is 0.975. The molecule has 0 aliphatic rings. The molecule has 0 spiro atoms. The van der Waals surface area contributed by atoms with Crippen LogP contribution in [0.15, 0.2) is 53.3 Å². The number of amides is 1. The highest BCUT2D eigenvalue weighted by Gasteiger charge is 2.16. The summed E-state index contributed by atoms with van der Waals surface area (Å²) in [4.78, 5) is 29.5. The van der Waals surface area contributed by atoms with Crippen LogP contribution in [-0.4, -0.2) is 10.9 Å². The molecule has 0 saturated heterocycles. The number of H-pyrrole nitrogens is 1. The van der Waals surface area contributed by atoms with Gasteiger partial charge in [0, 0.05) is 23.2 Å². The fourth-order valence-corrected chi connectivity index (χ4v) is 2.97. The van der Waals surface area contributed by atoms with Crippen molar-refractivity contribution in [3.05, 3.63) is 75.6 Å². The second-order valence-corrected chi connectivity index (χ2v) is 6.39. The van der Waals surface area contributed by atoms with Crippen molar-refractivity contribution in [2.45, 2.75) is 33.7 Å². The molecule has 0 saturated carbocycles. The molecule has 2 aromatic carbocycles. The number of carbonyl (C=O) groups is 1. The van der Waals surface area contributed by atoms with Gasteiger partial charge in [-0.1, -0.05) is 30.7 Å². The van der Waals surface area contributed by atoms with Gasteiger partial charge >= 0.3 is 0 Å². The number of nitrogens with zero attached hydrogens (tertiary/aromatic N) is 1. The minimum Gasteiger partial charge on any atom is -0.322 e. The molecule has 25 heavy (non-hydrogen) atoms. The first kappa shape index (κ1) is 17.0. The van der Waals surface area contributed by atoms with E-state index in [1.165, 1.54) is 0 Å². The number of rotatable bonds is 4. The lowest BCUT2D eigenvalue weighted by Gasteiger charge is -2.23. The van der Waals surface area contributed by atoms with E-state index >= 15 is 0 Å². The van der Waals surface area contributed by atoms with E-state index in [1.807, 2.05) is 69.3 Å². The molecule has 0 atom stereocenters. The average molecular weight is 334 g/mol. The normalized spacial score (nSPS) is 10.8. The minimum atomic E-state index is -0.155. The van der Waals surface area contributed by atoms with Crippen LogP contribution >= 0.6 is 0 Å². The number of hydrogen-bond donors (Lipinski definition) is 1. The Morgan fingerprint density at radius 2 is 1.80 bits per heavy atom. The summed E-state index contributed by atoms with van der Waals surface area (Å²) in [5.74, 6) is -0.00524. The molecule has 0 bridgehead atoms. The summed E-state index contributed by atoms with van der Waals surface area (Å²) in [6, 6.07) is 15.6. The van der Waals surface area contributed by atoms with Crippen LogP contribution in [0.5, 0.6) is 0 Å². The number of nitrogens with one attached hydrogen (secondary N) is 1. The van der Waals surface area contributed by atoms with E-state index in [2.05, 4.69) is 4.98 Å².